The lowest BCUT2D eigenvalue weighted by Gasteiger charge is -2.32. The summed E-state index contributed by atoms with van der Waals surface area (Å²) in [4.78, 5) is 26.9. The molecule has 1 aliphatic heterocycles. The molecule has 2 fully saturated rings. The number of carbonyl (C=O) groups excluding carboxylic acids is 2. The van der Waals surface area contributed by atoms with E-state index in [1.54, 1.807) is 18.2 Å². The van der Waals surface area contributed by atoms with Gasteiger partial charge in [-0.05, 0) is 61.7 Å². The number of carbonyl (C=O) groups is 2. The van der Waals surface area contributed by atoms with Crippen LogP contribution in [0.1, 0.15) is 46.6 Å². The van der Waals surface area contributed by atoms with Gasteiger partial charge in [-0.3, -0.25) is 9.59 Å². The van der Waals surface area contributed by atoms with Crippen molar-refractivity contribution in [1.82, 2.24) is 10.2 Å². The van der Waals surface area contributed by atoms with E-state index in [-0.39, 0.29) is 30.0 Å². The number of nitrogens with one attached hydrogen (secondary N) is 2. The highest BCUT2D eigenvalue weighted by Crippen LogP contribution is 2.29. The molecule has 2 N–H and O–H groups in total. The van der Waals surface area contributed by atoms with Crippen molar-refractivity contribution in [2.24, 2.45) is 5.92 Å². The van der Waals surface area contributed by atoms with Crippen LogP contribution in [0.4, 0.5) is 5.00 Å². The minimum Gasteiger partial charge on any atom is -0.459 e. The average molecular weight is 410 g/mol. The molecule has 8 heteroatoms. The lowest BCUT2D eigenvalue weighted by molar-refractivity contribution is 0.0706. The van der Waals surface area contributed by atoms with E-state index in [1.807, 2.05) is 10.3 Å². The molecule has 3 heterocycles. The van der Waals surface area contributed by atoms with Crippen molar-refractivity contribution in [1.29, 1.82) is 0 Å². The molecule has 2 aliphatic rings. The second-order valence-electron chi connectivity index (χ2n) is 7.01. The predicted molar refractivity (Wildman–Crippen MR) is 108 cm³/mol. The lowest BCUT2D eigenvalue weighted by Crippen LogP contribution is -2.45. The number of thiophene rings is 1. The van der Waals surface area contributed by atoms with E-state index >= 15 is 0 Å². The summed E-state index contributed by atoms with van der Waals surface area (Å²) in [6, 6.07) is 5.56. The van der Waals surface area contributed by atoms with Crippen LogP contribution >= 0.6 is 23.7 Å². The molecule has 2 aromatic rings. The topological polar surface area (TPSA) is 74.6 Å². The molecule has 4 rings (SSSR count). The van der Waals surface area contributed by atoms with Gasteiger partial charge in [0.15, 0.2) is 5.76 Å². The molecule has 1 saturated carbocycles. The van der Waals surface area contributed by atoms with Gasteiger partial charge in [-0.15, -0.1) is 23.7 Å². The molecular formula is C19H24ClN3O3S. The second kappa shape index (κ2) is 8.91. The quantitative estimate of drug-likeness (QED) is 0.764. The van der Waals surface area contributed by atoms with Gasteiger partial charge >= 0.3 is 0 Å². The zero-order valence-corrected chi connectivity index (χ0v) is 16.6. The molecule has 0 aromatic carbocycles. The zero-order valence-electron chi connectivity index (χ0n) is 15.0. The molecular weight excluding hydrogens is 386 g/mol. The lowest BCUT2D eigenvalue weighted by atomic mass is 10.0. The van der Waals surface area contributed by atoms with Crippen LogP contribution in [-0.4, -0.2) is 42.4 Å². The van der Waals surface area contributed by atoms with E-state index in [0.717, 1.165) is 38.4 Å². The summed E-state index contributed by atoms with van der Waals surface area (Å²) in [5, 5.41) is 8.82. The number of nitrogens with zero attached hydrogens (tertiary/aromatic N) is 1. The van der Waals surface area contributed by atoms with Crippen molar-refractivity contribution in [2.45, 2.75) is 31.7 Å². The van der Waals surface area contributed by atoms with Crippen LogP contribution in [0, 0.1) is 5.92 Å². The number of furan rings is 1. The number of amides is 2. The van der Waals surface area contributed by atoms with Gasteiger partial charge in [-0.2, -0.15) is 0 Å². The first kappa shape index (κ1) is 19.9. The summed E-state index contributed by atoms with van der Waals surface area (Å²) in [5.74, 6) is 0.760. The Morgan fingerprint density at radius 3 is 2.63 bits per heavy atom. The van der Waals surface area contributed by atoms with Gasteiger partial charge in [0.05, 0.1) is 11.8 Å². The van der Waals surface area contributed by atoms with Crippen molar-refractivity contribution in [3.8, 4) is 0 Å². The van der Waals surface area contributed by atoms with Crippen molar-refractivity contribution >= 4 is 40.6 Å². The summed E-state index contributed by atoms with van der Waals surface area (Å²) < 4.78 is 5.11. The Kier molecular flexibility index (Phi) is 6.57. The molecule has 0 bridgehead atoms. The van der Waals surface area contributed by atoms with Crippen LogP contribution in [0.15, 0.2) is 34.3 Å². The van der Waals surface area contributed by atoms with Gasteiger partial charge in [-0.25, -0.2) is 0 Å². The van der Waals surface area contributed by atoms with Crippen LogP contribution in [-0.2, 0) is 0 Å². The van der Waals surface area contributed by atoms with E-state index in [9.17, 15) is 9.59 Å². The van der Waals surface area contributed by atoms with Gasteiger partial charge in [-0.1, -0.05) is 0 Å². The minimum absolute atomic E-state index is 0. The highest BCUT2D eigenvalue weighted by molar-refractivity contribution is 7.14. The van der Waals surface area contributed by atoms with Gasteiger partial charge in [0.1, 0.15) is 5.00 Å². The maximum absolute atomic E-state index is 12.9. The number of hydrogen-bond donors (Lipinski definition) is 2. The first-order valence-corrected chi connectivity index (χ1v) is 10.0. The molecule has 0 radical (unpaired) electrons. The van der Waals surface area contributed by atoms with E-state index < -0.39 is 0 Å². The van der Waals surface area contributed by atoms with Gasteiger partial charge in [0, 0.05) is 19.1 Å². The van der Waals surface area contributed by atoms with Crippen molar-refractivity contribution in [3.05, 3.63) is 41.2 Å². The fourth-order valence-electron chi connectivity index (χ4n) is 3.26. The Labute approximate surface area is 168 Å². The number of likely N-dealkylation sites (tertiary alicyclic amines) is 1. The summed E-state index contributed by atoms with van der Waals surface area (Å²) in [6.45, 7) is 2.62. The molecule has 2 aromatic heterocycles. The fraction of sp³-hybridized carbons (Fsp3) is 0.474. The van der Waals surface area contributed by atoms with Crippen LogP contribution in [0.25, 0.3) is 0 Å². The molecule has 1 saturated heterocycles. The monoisotopic (exact) mass is 409 g/mol. The fourth-order valence-corrected chi connectivity index (χ4v) is 4.03. The number of anilines is 1. The summed E-state index contributed by atoms with van der Waals surface area (Å²) in [7, 11) is 0. The molecule has 6 nitrogen and oxygen atoms in total. The van der Waals surface area contributed by atoms with Crippen molar-refractivity contribution in [2.75, 3.05) is 25.0 Å². The van der Waals surface area contributed by atoms with E-state index in [0.29, 0.717) is 16.6 Å². The standard InChI is InChI=1S/C19H23N3O3S.ClH/c23-17(16-2-1-10-25-16)21-18-15(7-11-26-18)19(24)22-8-5-14(6-9-22)20-12-13-3-4-13;/h1-2,7,10-11,13-14,20H,3-6,8-9,12H2,(H,21,23);1H. The Morgan fingerprint density at radius 2 is 1.96 bits per heavy atom. The summed E-state index contributed by atoms with van der Waals surface area (Å²) >= 11 is 1.35. The maximum atomic E-state index is 12.9. The highest BCUT2D eigenvalue weighted by Gasteiger charge is 2.28. The van der Waals surface area contributed by atoms with Gasteiger partial charge < -0.3 is 20.0 Å². The third-order valence-electron chi connectivity index (χ3n) is 5.04. The SMILES string of the molecule is Cl.O=C(Nc1sccc1C(=O)N1CCC(NCC2CC2)CC1)c1ccco1. The molecule has 27 heavy (non-hydrogen) atoms. The number of rotatable bonds is 6. The Morgan fingerprint density at radius 1 is 1.19 bits per heavy atom. The Hall–Kier alpha value is -1.83. The first-order valence-electron chi connectivity index (χ1n) is 9.15. The summed E-state index contributed by atoms with van der Waals surface area (Å²) in [5.41, 5.74) is 0.555. The van der Waals surface area contributed by atoms with E-state index in [2.05, 4.69) is 10.6 Å². The van der Waals surface area contributed by atoms with Gasteiger partial charge in [0.2, 0.25) is 0 Å². The number of piperidine rings is 1. The molecule has 0 unspecified atom stereocenters. The average Bonchev–Trinajstić information content (AvgIpc) is 3.12. The maximum Gasteiger partial charge on any atom is 0.291 e. The smallest absolute Gasteiger partial charge is 0.291 e. The Balaban J connectivity index is 0.00000210. The summed E-state index contributed by atoms with van der Waals surface area (Å²) in [6.07, 6.45) is 6.13. The zero-order chi connectivity index (χ0) is 17.9. The largest absolute Gasteiger partial charge is 0.459 e. The molecule has 0 spiro atoms. The molecule has 0 atom stereocenters. The second-order valence-corrected chi connectivity index (χ2v) is 7.93. The highest BCUT2D eigenvalue weighted by atomic mass is 35.5. The number of halogens is 1. The van der Waals surface area contributed by atoms with Gasteiger partial charge in [0.25, 0.3) is 11.8 Å². The normalized spacial score (nSPS) is 17.4. The van der Waals surface area contributed by atoms with Crippen molar-refractivity contribution < 1.29 is 14.0 Å². The van der Waals surface area contributed by atoms with Crippen molar-refractivity contribution in [3.63, 3.8) is 0 Å². The molecule has 2 amide bonds. The van der Waals surface area contributed by atoms with Crippen LogP contribution in [0.2, 0.25) is 0 Å². The van der Waals surface area contributed by atoms with E-state index in [1.165, 1.54) is 30.4 Å². The predicted octanol–water partition coefficient (Wildman–Crippen LogP) is 3.62. The van der Waals surface area contributed by atoms with Crippen LogP contribution < -0.4 is 10.6 Å². The molecule has 146 valence electrons. The Bertz CT molecular complexity index is 765. The van der Waals surface area contributed by atoms with Crippen LogP contribution in [0.3, 0.4) is 0 Å². The minimum atomic E-state index is -0.338. The first-order chi connectivity index (χ1) is 12.7. The third kappa shape index (κ3) is 4.91. The molecule has 1 aliphatic carbocycles. The third-order valence-corrected chi connectivity index (χ3v) is 5.87. The van der Waals surface area contributed by atoms with Crippen LogP contribution in [0.5, 0.6) is 0 Å². The number of hydrogen-bond acceptors (Lipinski definition) is 5. The van der Waals surface area contributed by atoms with E-state index in [4.69, 9.17) is 4.42 Å².